The van der Waals surface area contributed by atoms with Gasteiger partial charge in [0, 0.05) is 6.07 Å². The van der Waals surface area contributed by atoms with E-state index in [1.165, 1.54) is 12.1 Å². The summed E-state index contributed by atoms with van der Waals surface area (Å²) in [5.74, 6) is 6.79. The van der Waals surface area contributed by atoms with Gasteiger partial charge < -0.3 is 15.2 Å². The average molecular weight is 278 g/mol. The van der Waals surface area contributed by atoms with Gasteiger partial charge in [0.15, 0.2) is 0 Å². The van der Waals surface area contributed by atoms with Gasteiger partial charge in [-0.05, 0) is 19.9 Å². The first-order valence-corrected chi connectivity index (χ1v) is 5.80. The van der Waals surface area contributed by atoms with Gasteiger partial charge in [-0.25, -0.2) is 15.8 Å². The number of nitro groups is 1. The van der Waals surface area contributed by atoms with Gasteiger partial charge in [-0.15, -0.1) is 0 Å². The van der Waals surface area contributed by atoms with Gasteiger partial charge in [-0.3, -0.25) is 10.1 Å². The molecule has 2 heterocycles. The first kappa shape index (κ1) is 13.7. The second-order valence-electron chi connectivity index (χ2n) is 4.07. The summed E-state index contributed by atoms with van der Waals surface area (Å²) >= 11 is 0. The molecular weight excluding hydrogens is 264 g/mol. The van der Waals surface area contributed by atoms with Crippen molar-refractivity contribution in [2.45, 2.75) is 20.4 Å². The monoisotopic (exact) mass is 278 g/mol. The molecule has 106 valence electrons. The predicted octanol–water partition coefficient (Wildman–Crippen LogP) is 1.49. The van der Waals surface area contributed by atoms with Gasteiger partial charge >= 0.3 is 5.69 Å². The minimum atomic E-state index is -0.526. The molecule has 0 unspecified atom stereocenters. The zero-order valence-electron chi connectivity index (χ0n) is 11.0. The van der Waals surface area contributed by atoms with Crippen molar-refractivity contribution < 1.29 is 9.34 Å². The number of nitrogen functional groups attached to an aromatic ring is 1. The third-order valence-corrected chi connectivity index (χ3v) is 2.70. The Morgan fingerprint density at radius 2 is 2.15 bits per heavy atom. The Morgan fingerprint density at radius 1 is 1.40 bits per heavy atom. The molecule has 0 saturated carbocycles. The van der Waals surface area contributed by atoms with E-state index < -0.39 is 4.92 Å². The van der Waals surface area contributed by atoms with Gasteiger partial charge in [-0.2, -0.15) is 0 Å². The molecule has 0 aromatic carbocycles. The number of hydrogen-bond donors (Lipinski definition) is 3. The molecule has 0 spiro atoms. The average Bonchev–Trinajstić information content (AvgIpc) is 2.75. The molecule has 0 amide bonds. The number of hydrogen-bond acceptors (Lipinski definition) is 8. The lowest BCUT2D eigenvalue weighted by Gasteiger charge is -2.06. The van der Waals surface area contributed by atoms with E-state index in [9.17, 15) is 10.1 Å². The van der Waals surface area contributed by atoms with Crippen LogP contribution in [0.4, 0.5) is 17.3 Å². The van der Waals surface area contributed by atoms with Gasteiger partial charge in [0.1, 0.15) is 11.6 Å². The molecule has 9 heteroatoms. The topological polar surface area (TPSA) is 132 Å². The normalized spacial score (nSPS) is 10.3. The fraction of sp³-hybridized carbons (Fsp3) is 0.273. The molecule has 0 aliphatic carbocycles. The number of rotatable bonds is 5. The number of nitrogens with two attached hydrogens (primary N) is 1. The van der Waals surface area contributed by atoms with Crippen LogP contribution in [-0.2, 0) is 6.54 Å². The minimum Gasteiger partial charge on any atom is -0.444 e. The van der Waals surface area contributed by atoms with Crippen LogP contribution in [0.3, 0.4) is 0 Å². The fourth-order valence-electron chi connectivity index (χ4n) is 1.58. The second-order valence-corrected chi connectivity index (χ2v) is 4.07. The molecule has 0 saturated heterocycles. The van der Waals surface area contributed by atoms with E-state index in [0.29, 0.717) is 17.5 Å². The van der Waals surface area contributed by atoms with Crippen LogP contribution >= 0.6 is 0 Å². The first-order chi connectivity index (χ1) is 9.51. The zero-order valence-corrected chi connectivity index (χ0v) is 11.0. The van der Waals surface area contributed by atoms with Crippen LogP contribution in [0.25, 0.3) is 0 Å². The predicted molar refractivity (Wildman–Crippen MR) is 72.0 cm³/mol. The lowest BCUT2D eigenvalue weighted by Crippen LogP contribution is -2.11. The summed E-state index contributed by atoms with van der Waals surface area (Å²) < 4.78 is 5.38. The van der Waals surface area contributed by atoms with E-state index in [1.54, 1.807) is 6.92 Å². The maximum atomic E-state index is 10.9. The molecule has 4 N–H and O–H groups in total. The van der Waals surface area contributed by atoms with Gasteiger partial charge in [-0.1, -0.05) is 0 Å². The number of hydrazine groups is 1. The molecule has 2 aromatic heterocycles. The quantitative estimate of drug-likeness (QED) is 0.425. The number of aryl methyl sites for hydroxylation is 2. The third kappa shape index (κ3) is 2.83. The van der Waals surface area contributed by atoms with E-state index >= 15 is 0 Å². The van der Waals surface area contributed by atoms with Crippen molar-refractivity contribution in [3.05, 3.63) is 39.6 Å². The Labute approximate surface area is 114 Å². The second kappa shape index (κ2) is 5.53. The van der Waals surface area contributed by atoms with E-state index in [-0.39, 0.29) is 18.1 Å². The van der Waals surface area contributed by atoms with Gasteiger partial charge in [0.05, 0.1) is 17.2 Å². The summed E-state index contributed by atoms with van der Waals surface area (Å²) in [6, 6.07) is 2.74. The van der Waals surface area contributed by atoms with E-state index in [2.05, 4.69) is 20.7 Å². The molecule has 0 atom stereocenters. The third-order valence-electron chi connectivity index (χ3n) is 2.70. The lowest BCUT2D eigenvalue weighted by atomic mass is 10.3. The summed E-state index contributed by atoms with van der Waals surface area (Å²) in [6.45, 7) is 3.81. The summed E-state index contributed by atoms with van der Waals surface area (Å²) in [7, 11) is 0. The molecule has 2 aromatic rings. The molecule has 20 heavy (non-hydrogen) atoms. The molecule has 0 aliphatic heterocycles. The molecule has 0 radical (unpaired) electrons. The van der Waals surface area contributed by atoms with Crippen LogP contribution in [0.1, 0.15) is 17.3 Å². The van der Waals surface area contributed by atoms with E-state index in [4.69, 9.17) is 10.3 Å². The number of anilines is 2. The van der Waals surface area contributed by atoms with E-state index in [0.717, 1.165) is 5.69 Å². The van der Waals surface area contributed by atoms with Crippen molar-refractivity contribution in [1.82, 2.24) is 9.97 Å². The molecule has 0 aliphatic rings. The Hall–Kier alpha value is -2.68. The van der Waals surface area contributed by atoms with Crippen LogP contribution in [0.2, 0.25) is 0 Å². The number of nitrogens with zero attached hydrogens (tertiary/aromatic N) is 3. The van der Waals surface area contributed by atoms with Crippen molar-refractivity contribution in [2.75, 3.05) is 10.7 Å². The summed E-state index contributed by atoms with van der Waals surface area (Å²) in [6.07, 6.45) is 0. The highest BCUT2D eigenvalue weighted by Gasteiger charge is 2.16. The number of nitrogens with one attached hydrogen (secondary N) is 2. The van der Waals surface area contributed by atoms with Crippen LogP contribution in [-0.4, -0.2) is 14.9 Å². The summed E-state index contributed by atoms with van der Waals surface area (Å²) in [5, 5.41) is 13.7. The minimum absolute atomic E-state index is 0.0963. The molecular formula is C11H14N6O3. The largest absolute Gasteiger partial charge is 0.444 e. The molecule has 0 bridgehead atoms. The summed E-state index contributed by atoms with van der Waals surface area (Å²) in [5.41, 5.74) is 2.96. The molecule has 9 nitrogen and oxygen atoms in total. The highest BCUT2D eigenvalue weighted by atomic mass is 16.6. The van der Waals surface area contributed by atoms with Gasteiger partial charge in [0.2, 0.25) is 11.7 Å². The van der Waals surface area contributed by atoms with Crippen molar-refractivity contribution in [2.24, 2.45) is 5.84 Å². The molecule has 0 fully saturated rings. The van der Waals surface area contributed by atoms with Crippen LogP contribution < -0.4 is 16.6 Å². The Balaban J connectivity index is 2.20. The SMILES string of the molecule is Cc1nc(CNc2nc(NN)ccc2[N+](=O)[O-])oc1C. The van der Waals surface area contributed by atoms with Crippen LogP contribution in [0, 0.1) is 24.0 Å². The van der Waals surface area contributed by atoms with Crippen molar-refractivity contribution in [1.29, 1.82) is 0 Å². The van der Waals surface area contributed by atoms with Crippen molar-refractivity contribution in [3.8, 4) is 0 Å². The number of pyridine rings is 1. The maximum absolute atomic E-state index is 10.9. The van der Waals surface area contributed by atoms with Crippen LogP contribution in [0.5, 0.6) is 0 Å². The standard InChI is InChI=1S/C11H14N6O3/c1-6-7(2)20-10(14-6)5-13-11-8(17(18)19)3-4-9(15-11)16-12/h3-4H,5,12H2,1-2H3,(H2,13,15,16). The maximum Gasteiger partial charge on any atom is 0.311 e. The number of oxazole rings is 1. The van der Waals surface area contributed by atoms with Crippen molar-refractivity contribution >= 4 is 17.3 Å². The number of aromatic nitrogens is 2. The van der Waals surface area contributed by atoms with Crippen LogP contribution in [0.15, 0.2) is 16.5 Å². The van der Waals surface area contributed by atoms with Gasteiger partial charge in [0.25, 0.3) is 0 Å². The Bertz CT molecular complexity index is 620. The lowest BCUT2D eigenvalue weighted by molar-refractivity contribution is -0.384. The fourth-order valence-corrected chi connectivity index (χ4v) is 1.58. The highest BCUT2D eigenvalue weighted by molar-refractivity contribution is 5.59. The zero-order chi connectivity index (χ0) is 14.7. The smallest absolute Gasteiger partial charge is 0.311 e. The van der Waals surface area contributed by atoms with Crippen molar-refractivity contribution in [3.63, 3.8) is 0 Å². The molecule has 2 rings (SSSR count). The van der Waals surface area contributed by atoms with E-state index in [1.807, 2.05) is 6.92 Å². The Kier molecular flexibility index (Phi) is 3.80. The Morgan fingerprint density at radius 3 is 2.70 bits per heavy atom. The first-order valence-electron chi connectivity index (χ1n) is 5.80. The summed E-state index contributed by atoms with van der Waals surface area (Å²) in [4.78, 5) is 18.6. The highest BCUT2D eigenvalue weighted by Crippen LogP contribution is 2.24.